The van der Waals surface area contributed by atoms with E-state index >= 15 is 0 Å². The van der Waals surface area contributed by atoms with Crippen molar-refractivity contribution in [2.45, 2.75) is 17.7 Å². The van der Waals surface area contributed by atoms with Crippen LogP contribution in [0.4, 0.5) is 17.1 Å². The van der Waals surface area contributed by atoms with Crippen LogP contribution >= 0.6 is 0 Å². The monoisotopic (exact) mass is 448 g/mol. The van der Waals surface area contributed by atoms with Gasteiger partial charge in [-0.2, -0.15) is 8.42 Å². The molecule has 1 amide bonds. The fourth-order valence-corrected chi connectivity index (χ4v) is 4.57. The van der Waals surface area contributed by atoms with Crippen molar-refractivity contribution in [1.29, 1.82) is 0 Å². The van der Waals surface area contributed by atoms with Crippen LogP contribution in [0.2, 0.25) is 0 Å². The third kappa shape index (κ3) is 4.97. The normalized spacial score (nSPS) is 15.0. The van der Waals surface area contributed by atoms with Crippen molar-refractivity contribution < 1.29 is 13.2 Å². The molecule has 32 heavy (non-hydrogen) atoms. The first kappa shape index (κ1) is 21.6. The van der Waals surface area contributed by atoms with Crippen LogP contribution in [0, 0.1) is 0 Å². The van der Waals surface area contributed by atoms with Crippen molar-refractivity contribution in [3.63, 3.8) is 0 Å². The van der Waals surface area contributed by atoms with Gasteiger partial charge in [-0.1, -0.05) is 30.3 Å². The lowest BCUT2D eigenvalue weighted by Gasteiger charge is -2.13. The summed E-state index contributed by atoms with van der Waals surface area (Å²) in [7, 11) is -1.95. The largest absolute Gasteiger partial charge is 0.362 e. The van der Waals surface area contributed by atoms with E-state index in [1.807, 2.05) is 54.4 Å². The number of carbonyl (C=O) groups is 1. The summed E-state index contributed by atoms with van der Waals surface area (Å²) in [4.78, 5) is 14.8. The number of anilines is 3. The van der Waals surface area contributed by atoms with Crippen LogP contribution in [0.25, 0.3) is 0 Å². The molecule has 4 rings (SSSR count). The fourth-order valence-electron chi connectivity index (χ4n) is 3.48. The number of amidine groups is 1. The van der Waals surface area contributed by atoms with Crippen molar-refractivity contribution in [2.75, 3.05) is 24.2 Å². The number of benzene rings is 3. The summed E-state index contributed by atoms with van der Waals surface area (Å²) in [5.74, 6) is 0.275. The third-order valence-corrected chi connectivity index (χ3v) is 6.51. The Labute approximate surface area is 187 Å². The molecule has 0 aromatic heterocycles. The zero-order valence-electron chi connectivity index (χ0n) is 17.7. The maximum Gasteiger partial charge on any atom is 0.283 e. The van der Waals surface area contributed by atoms with Crippen LogP contribution in [0.1, 0.15) is 23.2 Å². The number of nitrogens with zero attached hydrogens (tertiary/aromatic N) is 2. The van der Waals surface area contributed by atoms with Gasteiger partial charge in [-0.15, -0.1) is 4.40 Å². The average Bonchev–Trinajstić information content (AvgIpc) is 3.19. The Kier molecular flexibility index (Phi) is 6.23. The van der Waals surface area contributed by atoms with Gasteiger partial charge in [-0.25, -0.2) is 0 Å². The molecule has 7 nitrogen and oxygen atoms in total. The van der Waals surface area contributed by atoms with Gasteiger partial charge in [0.25, 0.3) is 15.9 Å². The van der Waals surface area contributed by atoms with E-state index in [1.165, 1.54) is 12.1 Å². The minimum atomic E-state index is -3.79. The number of sulfonamides is 1. The van der Waals surface area contributed by atoms with Gasteiger partial charge in [-0.05, 0) is 55.0 Å². The van der Waals surface area contributed by atoms with Crippen LogP contribution < -0.4 is 10.6 Å². The van der Waals surface area contributed by atoms with E-state index in [4.69, 9.17) is 0 Å². The highest BCUT2D eigenvalue weighted by atomic mass is 32.2. The predicted octanol–water partition coefficient (Wildman–Crippen LogP) is 4.50. The second kappa shape index (κ2) is 9.23. The third-order valence-electron chi connectivity index (χ3n) is 5.19. The maximum atomic E-state index is 12.9. The molecule has 1 saturated heterocycles. The molecule has 0 spiro atoms. The number of nitrogens with one attached hydrogen (secondary N) is 2. The first-order chi connectivity index (χ1) is 15.4. The number of amides is 1. The smallest absolute Gasteiger partial charge is 0.283 e. The number of hydrogen-bond acceptors (Lipinski definition) is 4. The second-order valence-electron chi connectivity index (χ2n) is 7.52. The molecular weight excluding hydrogens is 424 g/mol. The van der Waals surface area contributed by atoms with Crippen LogP contribution in [-0.4, -0.2) is 38.7 Å². The van der Waals surface area contributed by atoms with E-state index in [0.29, 0.717) is 29.2 Å². The molecule has 3 aromatic carbocycles. The van der Waals surface area contributed by atoms with E-state index in [1.54, 1.807) is 24.3 Å². The highest BCUT2D eigenvalue weighted by Crippen LogP contribution is 2.23. The number of likely N-dealkylation sites (tertiary alicyclic amines) is 1. The summed E-state index contributed by atoms with van der Waals surface area (Å²) in [6.45, 7) is 0.805. The van der Waals surface area contributed by atoms with Gasteiger partial charge >= 0.3 is 0 Å². The highest BCUT2D eigenvalue weighted by molar-refractivity contribution is 7.90. The summed E-state index contributed by atoms with van der Waals surface area (Å²) < 4.78 is 29.2. The maximum absolute atomic E-state index is 12.9. The van der Waals surface area contributed by atoms with E-state index in [2.05, 4.69) is 15.0 Å². The number of para-hydroxylation sites is 2. The molecule has 0 atom stereocenters. The molecule has 0 radical (unpaired) electrons. The Morgan fingerprint density at radius 3 is 2.28 bits per heavy atom. The average molecular weight is 449 g/mol. The van der Waals surface area contributed by atoms with E-state index < -0.39 is 10.0 Å². The van der Waals surface area contributed by atoms with E-state index in [-0.39, 0.29) is 10.8 Å². The SMILES string of the molecule is CN1CCC/C1=N\S(=O)(=O)c1ccc(NC(=O)c2ccccc2Nc2ccccc2)cc1. The molecule has 0 bridgehead atoms. The Balaban J connectivity index is 1.49. The Morgan fingerprint density at radius 2 is 1.59 bits per heavy atom. The van der Waals surface area contributed by atoms with Crippen molar-refractivity contribution in [1.82, 2.24) is 4.90 Å². The minimum absolute atomic E-state index is 0.0921. The standard InChI is InChI=1S/C24H24N4O3S/c1-28-17-7-12-23(28)27-32(30,31)20-15-13-19(14-16-20)26-24(29)21-10-5-6-11-22(21)25-18-8-3-2-4-9-18/h2-6,8-11,13-16,25H,7,12,17H2,1H3,(H,26,29)/b27-23+. The van der Waals surface area contributed by atoms with E-state index in [9.17, 15) is 13.2 Å². The van der Waals surface area contributed by atoms with Crippen LogP contribution in [-0.2, 0) is 10.0 Å². The van der Waals surface area contributed by atoms with Gasteiger partial charge in [0, 0.05) is 31.4 Å². The molecule has 0 unspecified atom stereocenters. The van der Waals surface area contributed by atoms with E-state index in [0.717, 1.165) is 18.7 Å². The quantitative estimate of drug-likeness (QED) is 0.580. The van der Waals surface area contributed by atoms with Gasteiger partial charge in [-0.3, -0.25) is 4.79 Å². The second-order valence-corrected chi connectivity index (χ2v) is 9.13. The van der Waals surface area contributed by atoms with Crippen molar-refractivity contribution in [3.05, 3.63) is 84.4 Å². The van der Waals surface area contributed by atoms with Gasteiger partial charge in [0.05, 0.1) is 16.1 Å². The van der Waals surface area contributed by atoms with Crippen LogP contribution in [0.15, 0.2) is 88.2 Å². The Morgan fingerprint density at radius 1 is 0.906 bits per heavy atom. The number of rotatable bonds is 6. The molecule has 8 heteroatoms. The predicted molar refractivity (Wildman–Crippen MR) is 127 cm³/mol. The topological polar surface area (TPSA) is 90.9 Å². The van der Waals surface area contributed by atoms with Gasteiger partial charge in [0.1, 0.15) is 5.84 Å². The summed E-state index contributed by atoms with van der Waals surface area (Å²) in [5.41, 5.74) is 2.52. The fraction of sp³-hybridized carbons (Fsp3) is 0.167. The highest BCUT2D eigenvalue weighted by Gasteiger charge is 2.20. The van der Waals surface area contributed by atoms with Crippen LogP contribution in [0.3, 0.4) is 0 Å². The van der Waals surface area contributed by atoms with Gasteiger partial charge < -0.3 is 15.5 Å². The zero-order chi connectivity index (χ0) is 22.6. The van der Waals surface area contributed by atoms with Crippen molar-refractivity contribution >= 4 is 38.8 Å². The molecule has 164 valence electrons. The van der Waals surface area contributed by atoms with Crippen molar-refractivity contribution in [3.8, 4) is 0 Å². The molecule has 0 saturated carbocycles. The molecule has 1 fully saturated rings. The molecule has 0 aliphatic carbocycles. The summed E-state index contributed by atoms with van der Waals surface area (Å²) in [6, 6.07) is 22.8. The molecule has 3 aromatic rings. The Bertz CT molecular complexity index is 1240. The van der Waals surface area contributed by atoms with Crippen LogP contribution in [0.5, 0.6) is 0 Å². The first-order valence-electron chi connectivity index (χ1n) is 10.3. The number of carbonyl (C=O) groups excluding carboxylic acids is 1. The van der Waals surface area contributed by atoms with Gasteiger partial charge in [0.15, 0.2) is 0 Å². The minimum Gasteiger partial charge on any atom is -0.362 e. The first-order valence-corrected chi connectivity index (χ1v) is 11.7. The molecule has 1 heterocycles. The molecule has 2 N–H and O–H groups in total. The molecule has 1 aliphatic rings. The molecule has 1 aliphatic heterocycles. The Hall–Kier alpha value is -3.65. The summed E-state index contributed by atoms with van der Waals surface area (Å²) in [6.07, 6.45) is 1.55. The number of hydrogen-bond donors (Lipinski definition) is 2. The molecular formula is C24H24N4O3S. The van der Waals surface area contributed by atoms with Gasteiger partial charge in [0.2, 0.25) is 0 Å². The lowest BCUT2D eigenvalue weighted by molar-refractivity contribution is 0.102. The summed E-state index contributed by atoms with van der Waals surface area (Å²) >= 11 is 0. The lowest BCUT2D eigenvalue weighted by atomic mass is 10.1. The summed E-state index contributed by atoms with van der Waals surface area (Å²) in [5, 5.41) is 6.07. The lowest BCUT2D eigenvalue weighted by Crippen LogP contribution is -2.20. The van der Waals surface area contributed by atoms with Crippen molar-refractivity contribution in [2.24, 2.45) is 4.40 Å². The zero-order valence-corrected chi connectivity index (χ0v) is 18.5.